The molecule has 0 aliphatic carbocycles. The van der Waals surface area contributed by atoms with Gasteiger partial charge in [-0.15, -0.1) is 22.0 Å². The molecular weight excluding hydrogens is 513 g/mol. The van der Waals surface area contributed by atoms with E-state index in [9.17, 15) is 19.5 Å². The summed E-state index contributed by atoms with van der Waals surface area (Å²) < 4.78 is 5.30. The van der Waals surface area contributed by atoms with Crippen LogP contribution in [0, 0.1) is 12.3 Å². The number of nitrogens with zero attached hydrogens (tertiary/aromatic N) is 3. The van der Waals surface area contributed by atoms with Gasteiger partial charge < -0.3 is 25.1 Å². The molecule has 4 rings (SSSR count). The number of hydrogen-bond acceptors (Lipinski definition) is 8. The lowest BCUT2D eigenvalue weighted by molar-refractivity contribution is -0.156. The number of carbonyl (C=O) groups is 3. The molecule has 2 aromatic rings. The highest BCUT2D eigenvalue weighted by Gasteiger charge is 2.57. The normalized spacial score (nSPS) is 24.1. The van der Waals surface area contributed by atoms with Crippen molar-refractivity contribution < 1.29 is 23.9 Å². The molecule has 0 spiro atoms. The van der Waals surface area contributed by atoms with Crippen molar-refractivity contribution in [1.82, 2.24) is 25.7 Å². The van der Waals surface area contributed by atoms with Crippen LogP contribution in [0.1, 0.15) is 11.5 Å². The molecule has 0 bridgehead atoms. The molecular formula is C19H19Cl2N5O5S2. The Bertz CT molecular complexity index is 1100. The summed E-state index contributed by atoms with van der Waals surface area (Å²) in [5, 5.41) is 23.6. The van der Waals surface area contributed by atoms with E-state index >= 15 is 0 Å². The monoisotopic (exact) mass is 531 g/mol. The molecule has 33 heavy (non-hydrogen) atoms. The molecule has 2 aliphatic heterocycles. The summed E-state index contributed by atoms with van der Waals surface area (Å²) in [6.07, 6.45) is 0. The third-order valence-electron chi connectivity index (χ3n) is 5.30. The van der Waals surface area contributed by atoms with E-state index in [2.05, 4.69) is 20.8 Å². The zero-order valence-electron chi connectivity index (χ0n) is 17.2. The van der Waals surface area contributed by atoms with Gasteiger partial charge in [0.25, 0.3) is 5.22 Å². The van der Waals surface area contributed by atoms with E-state index in [1.807, 2.05) is 0 Å². The summed E-state index contributed by atoms with van der Waals surface area (Å²) >= 11 is 14.3. The molecule has 2 saturated heterocycles. The smallest absolute Gasteiger partial charge is 0.315 e. The van der Waals surface area contributed by atoms with Gasteiger partial charge in [0.15, 0.2) is 0 Å². The lowest BCUT2D eigenvalue weighted by Gasteiger charge is -2.53. The maximum absolute atomic E-state index is 12.7. The van der Waals surface area contributed by atoms with Crippen LogP contribution in [-0.2, 0) is 16.1 Å². The van der Waals surface area contributed by atoms with Crippen molar-refractivity contribution in [3.05, 3.63) is 39.7 Å². The summed E-state index contributed by atoms with van der Waals surface area (Å²) in [5.41, 5.74) is -0.404. The maximum Gasteiger partial charge on any atom is 0.315 e. The van der Waals surface area contributed by atoms with Crippen molar-refractivity contribution in [3.63, 3.8) is 0 Å². The fourth-order valence-corrected chi connectivity index (χ4v) is 6.45. The quantitative estimate of drug-likeness (QED) is 0.363. The van der Waals surface area contributed by atoms with Crippen molar-refractivity contribution in [1.29, 1.82) is 0 Å². The number of carboxylic acids is 1. The van der Waals surface area contributed by atoms with E-state index in [-0.39, 0.29) is 41.1 Å². The second-order valence-corrected chi connectivity index (χ2v) is 10.5. The Balaban J connectivity index is 1.31. The molecule has 2 aliphatic rings. The predicted molar refractivity (Wildman–Crippen MR) is 123 cm³/mol. The SMILES string of the molecule is Cc1nnc(SCC2(C(=O)O)CS[C@@H]3C(NC(=O)NCc4ccc(Cl)c(Cl)c4)C(=O)N3C2)o1. The molecule has 3 atom stereocenters. The van der Waals surface area contributed by atoms with Crippen LogP contribution in [-0.4, -0.2) is 67.6 Å². The number of aryl methyl sites for hydroxylation is 1. The number of thioether (sulfide) groups is 2. The molecule has 1 aromatic carbocycles. The summed E-state index contributed by atoms with van der Waals surface area (Å²) in [5.74, 6) is -0.471. The first-order valence-electron chi connectivity index (χ1n) is 9.75. The Morgan fingerprint density at radius 1 is 1.36 bits per heavy atom. The summed E-state index contributed by atoms with van der Waals surface area (Å²) in [6, 6.07) is 3.80. The number of urea groups is 1. The van der Waals surface area contributed by atoms with Crippen LogP contribution in [0.5, 0.6) is 0 Å². The second-order valence-electron chi connectivity index (χ2n) is 7.68. The minimum absolute atomic E-state index is 0.0437. The lowest BCUT2D eigenvalue weighted by Crippen LogP contribution is -2.74. The van der Waals surface area contributed by atoms with E-state index in [4.69, 9.17) is 27.6 Å². The Labute approximate surface area is 207 Å². The molecule has 1 aromatic heterocycles. The number of aliphatic carboxylic acids is 1. The summed E-state index contributed by atoms with van der Waals surface area (Å²) in [4.78, 5) is 38.6. The number of hydrogen-bond donors (Lipinski definition) is 3. The number of aromatic nitrogens is 2. The molecule has 3 N–H and O–H groups in total. The number of nitrogens with one attached hydrogen (secondary N) is 2. The Morgan fingerprint density at radius 2 is 2.15 bits per heavy atom. The topological polar surface area (TPSA) is 138 Å². The second kappa shape index (κ2) is 9.61. The van der Waals surface area contributed by atoms with Crippen LogP contribution in [0.25, 0.3) is 0 Å². The van der Waals surface area contributed by atoms with Gasteiger partial charge in [-0.1, -0.05) is 41.0 Å². The predicted octanol–water partition coefficient (Wildman–Crippen LogP) is 2.63. The molecule has 14 heteroatoms. The van der Waals surface area contributed by atoms with Crippen molar-refractivity contribution in [3.8, 4) is 0 Å². The number of β-lactam (4-membered cyclic amide) rings is 1. The number of carboxylic acid groups (broad SMARTS) is 1. The van der Waals surface area contributed by atoms with Gasteiger partial charge in [0.1, 0.15) is 16.8 Å². The first-order chi connectivity index (χ1) is 15.7. The molecule has 3 heterocycles. The van der Waals surface area contributed by atoms with E-state index in [1.165, 1.54) is 16.7 Å². The van der Waals surface area contributed by atoms with Gasteiger partial charge in [-0.3, -0.25) is 9.59 Å². The van der Waals surface area contributed by atoms with E-state index in [0.29, 0.717) is 15.9 Å². The summed E-state index contributed by atoms with van der Waals surface area (Å²) in [7, 11) is 0. The first-order valence-corrected chi connectivity index (χ1v) is 12.5. The van der Waals surface area contributed by atoms with E-state index < -0.39 is 23.5 Å². The van der Waals surface area contributed by atoms with Gasteiger partial charge in [0.05, 0.1) is 10.0 Å². The molecule has 0 radical (unpaired) electrons. The third-order valence-corrected chi connectivity index (χ3v) is 8.74. The highest BCUT2D eigenvalue weighted by Crippen LogP contribution is 2.44. The number of fused-ring (bicyclic) bond motifs is 1. The van der Waals surface area contributed by atoms with Crippen LogP contribution < -0.4 is 10.6 Å². The van der Waals surface area contributed by atoms with Gasteiger partial charge in [-0.2, -0.15) is 0 Å². The Hall–Kier alpha value is -2.15. The fraction of sp³-hybridized carbons (Fsp3) is 0.421. The fourth-order valence-electron chi connectivity index (χ4n) is 3.47. The largest absolute Gasteiger partial charge is 0.481 e. The molecule has 10 nitrogen and oxygen atoms in total. The van der Waals surface area contributed by atoms with Crippen molar-refractivity contribution in [2.24, 2.45) is 5.41 Å². The van der Waals surface area contributed by atoms with Crippen LogP contribution >= 0.6 is 46.7 Å². The van der Waals surface area contributed by atoms with Crippen molar-refractivity contribution in [2.45, 2.75) is 30.1 Å². The highest BCUT2D eigenvalue weighted by molar-refractivity contribution is 8.00. The van der Waals surface area contributed by atoms with Gasteiger partial charge in [-0.05, 0) is 17.7 Å². The molecule has 0 saturated carbocycles. The molecule has 3 amide bonds. The standard InChI is InChI=1S/C19H19Cl2N5O5S2/c1-9-24-25-18(31-9)33-8-19(16(28)29)6-26-14(27)13(15(26)32-7-19)23-17(30)22-5-10-2-3-11(20)12(21)4-10/h2-4,13,15H,5-8H2,1H3,(H,28,29)(H2,22,23,30)/t13?,15-,19?/m1/s1. The number of halogens is 2. The number of benzene rings is 1. The Morgan fingerprint density at radius 3 is 2.82 bits per heavy atom. The maximum atomic E-state index is 12.7. The minimum atomic E-state index is -1.16. The average Bonchev–Trinajstić information content (AvgIpc) is 3.21. The molecule has 2 fully saturated rings. The van der Waals surface area contributed by atoms with E-state index in [0.717, 1.165) is 17.3 Å². The van der Waals surface area contributed by atoms with Crippen molar-refractivity contribution in [2.75, 3.05) is 18.1 Å². The zero-order chi connectivity index (χ0) is 23.8. The van der Waals surface area contributed by atoms with Crippen LogP contribution in [0.2, 0.25) is 10.0 Å². The Kier molecular flexibility index (Phi) is 6.99. The average molecular weight is 532 g/mol. The van der Waals surface area contributed by atoms with Crippen molar-refractivity contribution >= 4 is 64.6 Å². The van der Waals surface area contributed by atoms with Crippen LogP contribution in [0.4, 0.5) is 4.79 Å². The number of rotatable bonds is 7. The van der Waals surface area contributed by atoms with Gasteiger partial charge in [-0.25, -0.2) is 4.79 Å². The van der Waals surface area contributed by atoms with Crippen LogP contribution in [0.3, 0.4) is 0 Å². The van der Waals surface area contributed by atoms with Gasteiger partial charge >= 0.3 is 12.0 Å². The van der Waals surface area contributed by atoms with Gasteiger partial charge in [0, 0.05) is 31.5 Å². The third kappa shape index (κ3) is 5.03. The number of amides is 3. The molecule has 2 unspecified atom stereocenters. The van der Waals surface area contributed by atoms with Gasteiger partial charge in [0.2, 0.25) is 11.8 Å². The number of carbonyl (C=O) groups excluding carboxylic acids is 2. The van der Waals surface area contributed by atoms with E-state index in [1.54, 1.807) is 25.1 Å². The zero-order valence-corrected chi connectivity index (χ0v) is 20.4. The molecule has 176 valence electrons. The lowest BCUT2D eigenvalue weighted by atomic mass is 9.89. The first kappa shape index (κ1) is 24.0. The van der Waals surface area contributed by atoms with Crippen LogP contribution in [0.15, 0.2) is 27.8 Å². The summed E-state index contributed by atoms with van der Waals surface area (Å²) in [6.45, 7) is 1.90. The highest BCUT2D eigenvalue weighted by atomic mass is 35.5. The minimum Gasteiger partial charge on any atom is -0.481 e.